The van der Waals surface area contributed by atoms with Crippen LogP contribution in [0.5, 0.6) is 0 Å². The zero-order valence-electron chi connectivity index (χ0n) is 24.1. The maximum absolute atomic E-state index is 13.2. The molecule has 0 unspecified atom stereocenters. The Labute approximate surface area is 252 Å². The second-order valence-electron chi connectivity index (χ2n) is 11.3. The van der Waals surface area contributed by atoms with E-state index in [1.807, 2.05) is 57.3 Å². The third-order valence-electron chi connectivity index (χ3n) is 6.88. The van der Waals surface area contributed by atoms with E-state index >= 15 is 0 Å². The van der Waals surface area contributed by atoms with Crippen molar-refractivity contribution in [1.29, 1.82) is 0 Å². The van der Waals surface area contributed by atoms with Gasteiger partial charge in [-0.1, -0.05) is 35.6 Å². The molecule has 3 aromatic heterocycles. The Bertz CT molecular complexity index is 1760. The fourth-order valence-electron chi connectivity index (χ4n) is 4.80. The summed E-state index contributed by atoms with van der Waals surface area (Å²) >= 11 is 1.48. The van der Waals surface area contributed by atoms with Crippen molar-refractivity contribution in [3.8, 4) is 22.0 Å². The number of aromatic nitrogens is 6. The Morgan fingerprint density at radius 1 is 1.05 bits per heavy atom. The number of benzene rings is 2. The fraction of sp³-hybridized carbons (Fsp3) is 0.300. The van der Waals surface area contributed by atoms with Gasteiger partial charge in [-0.25, -0.2) is 19.9 Å². The molecule has 1 fully saturated rings. The van der Waals surface area contributed by atoms with E-state index in [1.54, 1.807) is 23.1 Å². The summed E-state index contributed by atoms with van der Waals surface area (Å²) in [6.45, 7) is 9.10. The van der Waals surface area contributed by atoms with Crippen molar-refractivity contribution in [1.82, 2.24) is 40.4 Å². The molecule has 12 nitrogen and oxygen atoms in total. The Morgan fingerprint density at radius 2 is 1.86 bits per heavy atom. The standard InChI is InChI=1S/C30H31N9O3S/c1-30(2,3)42-29(41)39-13-11-38(12-14-39)18-19-15-24-28(31-17-19)43-27(33-24)22-9-4-5-10-23(22)32-26(40)21-8-6-7-20(16-21)25-34-36-37-35-25/h4-10,15-17H,11-14,18H2,1-3H3,(H,32,40)(H,34,35,36,37). The maximum atomic E-state index is 13.2. The molecule has 220 valence electrons. The normalized spacial score (nSPS) is 14.2. The summed E-state index contributed by atoms with van der Waals surface area (Å²) in [5.41, 5.74) is 4.01. The van der Waals surface area contributed by atoms with Crippen LogP contribution < -0.4 is 5.32 Å². The van der Waals surface area contributed by atoms with Gasteiger partial charge >= 0.3 is 6.09 Å². The molecule has 2 aromatic carbocycles. The second kappa shape index (κ2) is 11.9. The molecule has 2 amide bonds. The van der Waals surface area contributed by atoms with Crippen LogP contribution in [0.1, 0.15) is 36.7 Å². The lowest BCUT2D eigenvalue weighted by Crippen LogP contribution is -2.49. The highest BCUT2D eigenvalue weighted by atomic mass is 32.1. The van der Waals surface area contributed by atoms with Crippen LogP contribution in [0.25, 0.3) is 32.3 Å². The summed E-state index contributed by atoms with van der Waals surface area (Å²) < 4.78 is 5.51. The van der Waals surface area contributed by atoms with Gasteiger partial charge in [-0.3, -0.25) is 9.69 Å². The number of ether oxygens (including phenoxy) is 1. The average Bonchev–Trinajstić information content (AvgIpc) is 3.68. The Balaban J connectivity index is 1.14. The number of rotatable bonds is 6. The van der Waals surface area contributed by atoms with Crippen LogP contribution in [0.4, 0.5) is 10.5 Å². The molecule has 13 heteroatoms. The molecule has 1 aliphatic heterocycles. The quantitative estimate of drug-likeness (QED) is 0.281. The molecular weight excluding hydrogens is 566 g/mol. The Kier molecular flexibility index (Phi) is 7.82. The van der Waals surface area contributed by atoms with Crippen LogP contribution in [0, 0.1) is 0 Å². The van der Waals surface area contributed by atoms with Crippen molar-refractivity contribution >= 4 is 39.4 Å². The van der Waals surface area contributed by atoms with Crippen molar-refractivity contribution < 1.29 is 14.3 Å². The lowest BCUT2D eigenvalue weighted by atomic mass is 10.1. The smallest absolute Gasteiger partial charge is 0.410 e. The van der Waals surface area contributed by atoms with Gasteiger partial charge in [-0.15, -0.1) is 5.10 Å². The highest BCUT2D eigenvalue weighted by molar-refractivity contribution is 7.21. The lowest BCUT2D eigenvalue weighted by Gasteiger charge is -2.35. The number of thiazole rings is 1. The number of hydrogen-bond acceptors (Lipinski definition) is 10. The van der Waals surface area contributed by atoms with Crippen molar-refractivity contribution in [2.45, 2.75) is 32.9 Å². The predicted molar refractivity (Wildman–Crippen MR) is 164 cm³/mol. The number of piperazine rings is 1. The first-order valence-electron chi connectivity index (χ1n) is 13.9. The molecular formula is C30H31N9O3S. The zero-order valence-corrected chi connectivity index (χ0v) is 24.9. The minimum absolute atomic E-state index is 0.255. The van der Waals surface area contributed by atoms with Gasteiger partial charge in [0.25, 0.3) is 5.91 Å². The summed E-state index contributed by atoms with van der Waals surface area (Å²) in [7, 11) is 0. The van der Waals surface area contributed by atoms with E-state index < -0.39 is 5.60 Å². The number of H-pyrrole nitrogens is 1. The van der Waals surface area contributed by atoms with Gasteiger partial charge in [0.05, 0.1) is 5.69 Å². The predicted octanol–water partition coefficient (Wildman–Crippen LogP) is 4.84. The number of hydrogen-bond donors (Lipinski definition) is 2. The van der Waals surface area contributed by atoms with Crippen LogP contribution in [-0.2, 0) is 11.3 Å². The SMILES string of the molecule is CC(C)(C)OC(=O)N1CCN(Cc2cnc3sc(-c4ccccc4NC(=O)c4cccc(-c5nnn[nH]5)c4)nc3c2)CC1. The molecule has 4 heterocycles. The minimum atomic E-state index is -0.503. The summed E-state index contributed by atoms with van der Waals surface area (Å²) in [5, 5.41) is 17.6. The summed E-state index contributed by atoms with van der Waals surface area (Å²) in [6, 6.07) is 16.8. The number of tetrazole rings is 1. The molecule has 0 spiro atoms. The number of carbonyl (C=O) groups excluding carboxylic acids is 2. The van der Waals surface area contributed by atoms with E-state index in [0.29, 0.717) is 42.3 Å². The molecule has 0 bridgehead atoms. The molecule has 43 heavy (non-hydrogen) atoms. The van der Waals surface area contributed by atoms with E-state index in [4.69, 9.17) is 9.72 Å². The van der Waals surface area contributed by atoms with Gasteiger partial charge in [0.2, 0.25) is 0 Å². The number of nitrogens with one attached hydrogen (secondary N) is 2. The van der Waals surface area contributed by atoms with Crippen molar-refractivity contribution in [2.75, 3.05) is 31.5 Å². The van der Waals surface area contributed by atoms with E-state index in [-0.39, 0.29) is 12.0 Å². The van der Waals surface area contributed by atoms with Crippen LogP contribution in [0.3, 0.4) is 0 Å². The van der Waals surface area contributed by atoms with Crippen molar-refractivity contribution in [3.63, 3.8) is 0 Å². The second-order valence-corrected chi connectivity index (χ2v) is 12.2. The van der Waals surface area contributed by atoms with Gasteiger partial charge < -0.3 is 15.0 Å². The van der Waals surface area contributed by atoms with Crippen LogP contribution >= 0.6 is 11.3 Å². The number of carbonyl (C=O) groups is 2. The van der Waals surface area contributed by atoms with E-state index in [2.05, 4.69) is 41.9 Å². The van der Waals surface area contributed by atoms with Crippen molar-refractivity contribution in [2.24, 2.45) is 0 Å². The van der Waals surface area contributed by atoms with Gasteiger partial charge in [0.15, 0.2) is 5.82 Å². The van der Waals surface area contributed by atoms with Gasteiger partial charge in [-0.05, 0) is 67.1 Å². The lowest BCUT2D eigenvalue weighted by molar-refractivity contribution is 0.0139. The summed E-state index contributed by atoms with van der Waals surface area (Å²) in [4.78, 5) is 40.1. The number of aromatic amines is 1. The monoisotopic (exact) mass is 597 g/mol. The molecule has 0 radical (unpaired) electrons. The largest absolute Gasteiger partial charge is 0.444 e. The minimum Gasteiger partial charge on any atom is -0.444 e. The molecule has 2 N–H and O–H groups in total. The van der Waals surface area contributed by atoms with E-state index in [0.717, 1.165) is 39.6 Å². The molecule has 1 aliphatic rings. The van der Waals surface area contributed by atoms with Gasteiger partial charge in [-0.2, -0.15) is 0 Å². The van der Waals surface area contributed by atoms with Crippen LogP contribution in [0.2, 0.25) is 0 Å². The highest BCUT2D eigenvalue weighted by Crippen LogP contribution is 2.34. The number of pyridine rings is 1. The first kappa shape index (κ1) is 28.4. The molecule has 1 saturated heterocycles. The average molecular weight is 598 g/mol. The van der Waals surface area contributed by atoms with Crippen LogP contribution in [-0.4, -0.2) is 84.2 Å². The molecule has 0 aliphatic carbocycles. The maximum Gasteiger partial charge on any atom is 0.410 e. The zero-order chi connectivity index (χ0) is 30.0. The first-order valence-corrected chi connectivity index (χ1v) is 14.7. The molecule has 0 saturated carbocycles. The number of anilines is 1. The van der Waals surface area contributed by atoms with E-state index in [1.165, 1.54) is 11.3 Å². The van der Waals surface area contributed by atoms with Gasteiger partial charge in [0, 0.05) is 55.6 Å². The summed E-state index contributed by atoms with van der Waals surface area (Å²) in [5.74, 6) is 0.231. The number of nitrogens with zero attached hydrogens (tertiary/aromatic N) is 7. The van der Waals surface area contributed by atoms with Crippen molar-refractivity contribution in [3.05, 3.63) is 71.9 Å². The number of amides is 2. The molecule has 6 rings (SSSR count). The van der Waals surface area contributed by atoms with Crippen LogP contribution in [0.15, 0.2) is 60.8 Å². The molecule has 5 aromatic rings. The first-order chi connectivity index (χ1) is 20.7. The fourth-order valence-corrected chi connectivity index (χ4v) is 5.73. The Morgan fingerprint density at radius 3 is 2.63 bits per heavy atom. The highest BCUT2D eigenvalue weighted by Gasteiger charge is 2.26. The number of para-hydroxylation sites is 1. The Hall–Kier alpha value is -4.75. The van der Waals surface area contributed by atoms with Gasteiger partial charge in [0.1, 0.15) is 21.0 Å². The topological polar surface area (TPSA) is 142 Å². The summed E-state index contributed by atoms with van der Waals surface area (Å²) in [6.07, 6.45) is 1.62. The molecule has 0 atom stereocenters. The third-order valence-corrected chi connectivity index (χ3v) is 7.90. The van der Waals surface area contributed by atoms with E-state index in [9.17, 15) is 9.59 Å². The number of fused-ring (bicyclic) bond motifs is 1. The third kappa shape index (κ3) is 6.68.